The molecule has 0 saturated heterocycles. The molecule has 2 aromatic rings. The highest BCUT2D eigenvalue weighted by Crippen LogP contribution is 2.47. The van der Waals surface area contributed by atoms with Gasteiger partial charge in [0.15, 0.2) is 0 Å². The van der Waals surface area contributed by atoms with E-state index in [2.05, 4.69) is 201 Å². The highest BCUT2D eigenvalue weighted by Gasteiger charge is 2.40. The van der Waals surface area contributed by atoms with Crippen LogP contribution in [0.2, 0.25) is 0 Å². The maximum atomic E-state index is 5.84. The van der Waals surface area contributed by atoms with E-state index >= 15 is 0 Å². The molecular weight excluding hydrogens is 817 g/mol. The van der Waals surface area contributed by atoms with Crippen molar-refractivity contribution in [2.24, 2.45) is 16.3 Å². The molecular formula is C63H82N2S. The summed E-state index contributed by atoms with van der Waals surface area (Å²) in [6.45, 7) is 40.5. The minimum Gasteiger partial charge on any atom is -0.344 e. The second kappa shape index (κ2) is 27.4. The van der Waals surface area contributed by atoms with Crippen LogP contribution in [0.5, 0.6) is 0 Å². The van der Waals surface area contributed by atoms with Crippen molar-refractivity contribution in [3.05, 3.63) is 184 Å². The van der Waals surface area contributed by atoms with E-state index in [4.69, 9.17) is 18.0 Å². The molecule has 1 atom stereocenters. The van der Waals surface area contributed by atoms with Crippen LogP contribution in [0.1, 0.15) is 138 Å². The Morgan fingerprint density at radius 2 is 1.61 bits per heavy atom. The quantitative estimate of drug-likeness (QED) is 0.0518. The van der Waals surface area contributed by atoms with Crippen molar-refractivity contribution in [3.8, 4) is 12.3 Å². The van der Waals surface area contributed by atoms with Crippen LogP contribution in [0.25, 0.3) is 18.7 Å². The molecule has 3 aliphatic rings. The van der Waals surface area contributed by atoms with Crippen molar-refractivity contribution in [1.82, 2.24) is 0 Å². The summed E-state index contributed by atoms with van der Waals surface area (Å²) >= 11 is 4.56. The minimum absolute atomic E-state index is 0.236. The Hall–Kier alpha value is -5.30. The average Bonchev–Trinajstić information content (AvgIpc) is 3.53. The molecule has 0 N–H and O–H groups in total. The number of terminal acetylenes is 1. The van der Waals surface area contributed by atoms with E-state index in [0.29, 0.717) is 12.5 Å². The fourth-order valence-electron chi connectivity index (χ4n) is 9.34. The van der Waals surface area contributed by atoms with Gasteiger partial charge in [0, 0.05) is 39.4 Å². The predicted molar refractivity (Wildman–Crippen MR) is 300 cm³/mol. The van der Waals surface area contributed by atoms with E-state index < -0.39 is 5.41 Å². The zero-order valence-corrected chi connectivity index (χ0v) is 43.3. The van der Waals surface area contributed by atoms with Crippen LogP contribution in [-0.4, -0.2) is 18.8 Å². The van der Waals surface area contributed by atoms with Crippen molar-refractivity contribution < 1.29 is 0 Å². The summed E-state index contributed by atoms with van der Waals surface area (Å²) in [5.74, 6) is 3.22. The molecule has 5 rings (SSSR count). The maximum absolute atomic E-state index is 5.84. The van der Waals surface area contributed by atoms with Gasteiger partial charge in [0.05, 0.1) is 6.54 Å². The van der Waals surface area contributed by atoms with Gasteiger partial charge in [-0.2, -0.15) is 0 Å². The van der Waals surface area contributed by atoms with Gasteiger partial charge in [0.2, 0.25) is 0 Å². The molecule has 1 unspecified atom stereocenters. The topological polar surface area (TPSA) is 15.6 Å². The zero-order valence-electron chi connectivity index (χ0n) is 42.4. The molecule has 350 valence electrons. The number of benzene rings is 2. The number of unbranched alkanes of at least 4 members (excludes halogenated alkanes) is 5. The first kappa shape index (κ1) is 55.0. The van der Waals surface area contributed by atoms with Crippen molar-refractivity contribution in [1.29, 1.82) is 0 Å². The number of hydrogen-bond donors (Lipinski definition) is 1. The predicted octanol–water partition coefficient (Wildman–Crippen LogP) is 16.3. The van der Waals surface area contributed by atoms with Crippen LogP contribution in [-0.2, 0) is 5.41 Å². The van der Waals surface area contributed by atoms with E-state index in [9.17, 15) is 0 Å². The van der Waals surface area contributed by atoms with Gasteiger partial charge in [0.1, 0.15) is 0 Å². The standard InChI is InChI=1S/C59H72N2S.C2H6.C2H4/c1-12-16-17-18-19-22-40-61-54-36-27-44(6)51(24-14-3)57(54)59(10,11)56(61)38-32-49-42-43(5)41-48(53(49)35-30-46-28-33-50(62)34-29-46)31-37-55(60-39-15-4)58(8,9)45(7)52-26-21-20-25-47(52)23-13-2;2*1-2/h4,13-14,23-38,43,62H,3,6-7,12,16-22,39-42H2,1-2,5,8-11H3;1-2H3;1-2H2/b23-13-,35-30?,37-31+,49-32+,51-24+,56-38-,60-55?;;. The number of allylic oxidation sites excluding steroid dienone is 17. The van der Waals surface area contributed by atoms with Crippen LogP contribution < -0.4 is 15.3 Å². The summed E-state index contributed by atoms with van der Waals surface area (Å²) < 4.78 is 0. The lowest BCUT2D eigenvalue weighted by molar-refractivity contribution is 0.560. The first-order valence-electron chi connectivity index (χ1n) is 24.5. The Bertz CT molecular complexity index is 2420. The van der Waals surface area contributed by atoms with Gasteiger partial charge in [-0.3, -0.25) is 4.99 Å². The molecule has 0 fully saturated rings. The van der Waals surface area contributed by atoms with Gasteiger partial charge in [-0.15, -0.1) is 32.2 Å². The van der Waals surface area contributed by atoms with Crippen LogP contribution in [0.4, 0.5) is 5.69 Å². The van der Waals surface area contributed by atoms with Crippen LogP contribution in [0.3, 0.4) is 0 Å². The number of thiol groups is 1. The van der Waals surface area contributed by atoms with Gasteiger partial charge >= 0.3 is 0 Å². The molecule has 2 nitrogen and oxygen atoms in total. The van der Waals surface area contributed by atoms with Crippen molar-refractivity contribution in [2.45, 2.75) is 137 Å². The van der Waals surface area contributed by atoms with E-state index in [1.807, 2.05) is 19.9 Å². The Balaban J connectivity index is 0.00000281. The van der Waals surface area contributed by atoms with Gasteiger partial charge in [0.25, 0.3) is 0 Å². The fraction of sp³-hybridized carbons (Fsp3) is 0.381. The lowest BCUT2D eigenvalue weighted by Crippen LogP contribution is -2.33. The largest absolute Gasteiger partial charge is 0.344 e. The van der Waals surface area contributed by atoms with Gasteiger partial charge in [-0.05, 0) is 130 Å². The lowest BCUT2D eigenvalue weighted by Gasteiger charge is -2.31. The number of rotatable bonds is 18. The Morgan fingerprint density at radius 1 is 0.924 bits per heavy atom. The molecule has 0 amide bonds. The smallest absolute Gasteiger partial charge is 0.0998 e. The Labute approximate surface area is 408 Å². The lowest BCUT2D eigenvalue weighted by atomic mass is 9.73. The summed E-state index contributed by atoms with van der Waals surface area (Å²) in [6.07, 6.45) is 44.3. The fourth-order valence-corrected chi connectivity index (χ4v) is 9.49. The molecule has 0 radical (unpaired) electrons. The number of fused-ring (bicyclic) bond motifs is 1. The van der Waals surface area contributed by atoms with Gasteiger partial charge in [-0.25, -0.2) is 0 Å². The summed E-state index contributed by atoms with van der Waals surface area (Å²) in [6, 6.07) is 12.8. The molecule has 0 aromatic heterocycles. The summed E-state index contributed by atoms with van der Waals surface area (Å²) in [5.41, 5.74) is 12.7. The third-order valence-electron chi connectivity index (χ3n) is 12.8. The van der Waals surface area contributed by atoms with Crippen molar-refractivity contribution in [3.63, 3.8) is 0 Å². The van der Waals surface area contributed by atoms with Gasteiger partial charge < -0.3 is 4.90 Å². The second-order valence-electron chi connectivity index (χ2n) is 18.3. The molecule has 1 heterocycles. The second-order valence-corrected chi connectivity index (χ2v) is 18.8. The third kappa shape index (κ3) is 14.1. The summed E-state index contributed by atoms with van der Waals surface area (Å²) in [4.78, 5) is 8.58. The van der Waals surface area contributed by atoms with E-state index in [0.717, 1.165) is 65.6 Å². The average molecular weight is 899 g/mol. The number of anilines is 1. The van der Waals surface area contributed by atoms with E-state index in [-0.39, 0.29) is 5.41 Å². The van der Waals surface area contributed by atoms with E-state index in [1.165, 1.54) is 82.1 Å². The van der Waals surface area contributed by atoms with Crippen LogP contribution in [0, 0.1) is 23.7 Å². The summed E-state index contributed by atoms with van der Waals surface area (Å²) in [5, 5.41) is 2.22. The van der Waals surface area contributed by atoms with Crippen molar-refractivity contribution in [2.75, 3.05) is 18.0 Å². The van der Waals surface area contributed by atoms with Crippen LogP contribution in [0.15, 0.2) is 172 Å². The number of aliphatic imine (C=N–C) groups is 1. The third-order valence-corrected chi connectivity index (χ3v) is 13.1. The minimum atomic E-state index is -0.454. The molecule has 0 spiro atoms. The Kier molecular flexibility index (Phi) is 22.8. The monoisotopic (exact) mass is 899 g/mol. The molecule has 0 saturated carbocycles. The molecule has 0 bridgehead atoms. The molecule has 1 aliphatic heterocycles. The molecule has 2 aromatic carbocycles. The molecule has 2 aliphatic carbocycles. The molecule has 66 heavy (non-hydrogen) atoms. The van der Waals surface area contributed by atoms with Crippen LogP contribution >= 0.6 is 12.6 Å². The van der Waals surface area contributed by atoms with Crippen molar-refractivity contribution >= 4 is 42.8 Å². The highest BCUT2D eigenvalue weighted by molar-refractivity contribution is 7.80. The van der Waals surface area contributed by atoms with Gasteiger partial charge in [-0.1, -0.05) is 192 Å². The number of hydrogen-bond acceptors (Lipinski definition) is 3. The SMILES string of the molecule is C#CCN=C(/C=C/C1=C(C=Cc2ccc(S)cc2)C(=C/C=C2\N(CCCCCCCC)c3ccc(=C)/c(=C\C=C)c3C2(C)C)/CC(C)C1)C(C)(C)C(=C)C1=CCCC=C1/C=C\C.C=C.CC. The first-order chi connectivity index (χ1) is 31.8. The Morgan fingerprint density at radius 3 is 2.27 bits per heavy atom. The summed E-state index contributed by atoms with van der Waals surface area (Å²) in [7, 11) is 0. The first-order valence-corrected chi connectivity index (χ1v) is 25.0. The maximum Gasteiger partial charge on any atom is 0.0998 e. The molecule has 3 heteroatoms. The zero-order chi connectivity index (χ0) is 48.9. The highest BCUT2D eigenvalue weighted by atomic mass is 32.1. The van der Waals surface area contributed by atoms with E-state index in [1.54, 1.807) is 0 Å². The number of nitrogens with zero attached hydrogens (tertiary/aromatic N) is 2. The normalized spacial score (nSPS) is 18.8.